The average Bonchev–Trinajstić information content (AvgIpc) is 2.84. The predicted molar refractivity (Wildman–Crippen MR) is 65.8 cm³/mol. The van der Waals surface area contributed by atoms with Crippen LogP contribution in [0.25, 0.3) is 0 Å². The fraction of sp³-hybridized carbons (Fsp3) is 0.462. The minimum Gasteiger partial charge on any atom is -0.504 e. The molecule has 1 aromatic carbocycles. The minimum absolute atomic E-state index is 0.199. The predicted octanol–water partition coefficient (Wildman–Crippen LogP) is 1.58. The maximum atomic E-state index is 14.2. The smallest absolute Gasteiger partial charge is 0.307 e. The van der Waals surface area contributed by atoms with Gasteiger partial charge in [-0.05, 0) is 25.0 Å². The summed E-state index contributed by atoms with van der Waals surface area (Å²) >= 11 is 0. The molecule has 5 nitrogen and oxygen atoms in total. The SMILES string of the molecule is COc1c(O)c(C)cc(C2CC(C(=O)O)CN2)c1F. The summed E-state index contributed by atoms with van der Waals surface area (Å²) in [5.74, 6) is -2.48. The highest BCUT2D eigenvalue weighted by molar-refractivity contribution is 5.71. The first kappa shape index (κ1) is 13.6. The van der Waals surface area contributed by atoms with E-state index in [9.17, 15) is 14.3 Å². The minimum atomic E-state index is -0.891. The molecule has 1 saturated heterocycles. The van der Waals surface area contributed by atoms with Crippen LogP contribution in [0.15, 0.2) is 6.07 Å². The van der Waals surface area contributed by atoms with Crippen LogP contribution >= 0.6 is 0 Å². The molecule has 0 amide bonds. The number of carbonyl (C=O) groups is 1. The Morgan fingerprint density at radius 1 is 1.58 bits per heavy atom. The third kappa shape index (κ3) is 2.35. The third-order valence-corrected chi connectivity index (χ3v) is 3.47. The molecule has 1 heterocycles. The molecule has 1 aromatic rings. The summed E-state index contributed by atoms with van der Waals surface area (Å²) in [7, 11) is 1.28. The van der Waals surface area contributed by atoms with Gasteiger partial charge in [0.15, 0.2) is 17.3 Å². The second-order valence-electron chi connectivity index (χ2n) is 4.71. The van der Waals surface area contributed by atoms with Crippen molar-refractivity contribution < 1.29 is 24.1 Å². The Morgan fingerprint density at radius 2 is 2.26 bits per heavy atom. The lowest BCUT2D eigenvalue weighted by Gasteiger charge is -2.16. The van der Waals surface area contributed by atoms with Gasteiger partial charge >= 0.3 is 5.97 Å². The van der Waals surface area contributed by atoms with Crippen molar-refractivity contribution in [3.05, 3.63) is 23.0 Å². The summed E-state index contributed by atoms with van der Waals surface area (Å²) in [6.07, 6.45) is 0.319. The second-order valence-corrected chi connectivity index (χ2v) is 4.71. The van der Waals surface area contributed by atoms with E-state index in [1.807, 2.05) is 0 Å². The van der Waals surface area contributed by atoms with Crippen molar-refractivity contribution in [2.45, 2.75) is 19.4 Å². The van der Waals surface area contributed by atoms with Gasteiger partial charge < -0.3 is 20.3 Å². The molecular formula is C13H16FNO4. The molecule has 19 heavy (non-hydrogen) atoms. The molecular weight excluding hydrogens is 253 g/mol. The van der Waals surface area contributed by atoms with Gasteiger partial charge in [-0.2, -0.15) is 0 Å². The van der Waals surface area contributed by atoms with Gasteiger partial charge in [0.1, 0.15) is 0 Å². The van der Waals surface area contributed by atoms with Crippen molar-refractivity contribution in [3.63, 3.8) is 0 Å². The molecule has 3 N–H and O–H groups in total. The van der Waals surface area contributed by atoms with Gasteiger partial charge in [0.2, 0.25) is 0 Å². The molecule has 6 heteroatoms. The summed E-state index contributed by atoms with van der Waals surface area (Å²) in [5.41, 5.74) is 0.824. The molecule has 0 radical (unpaired) electrons. The van der Waals surface area contributed by atoms with Crippen LogP contribution in [0.3, 0.4) is 0 Å². The molecule has 0 bridgehead atoms. The molecule has 2 rings (SSSR count). The van der Waals surface area contributed by atoms with Gasteiger partial charge in [0, 0.05) is 18.2 Å². The van der Waals surface area contributed by atoms with Gasteiger partial charge in [-0.25, -0.2) is 4.39 Å². The van der Waals surface area contributed by atoms with E-state index in [1.165, 1.54) is 13.2 Å². The summed E-state index contributed by atoms with van der Waals surface area (Å²) in [4.78, 5) is 10.9. The lowest BCUT2D eigenvalue weighted by molar-refractivity contribution is -0.141. The quantitative estimate of drug-likeness (QED) is 0.776. The molecule has 0 aromatic heterocycles. The largest absolute Gasteiger partial charge is 0.504 e. The van der Waals surface area contributed by atoms with Gasteiger partial charge in [0.25, 0.3) is 0 Å². The maximum absolute atomic E-state index is 14.2. The molecule has 2 atom stereocenters. The Bertz CT molecular complexity index is 518. The highest BCUT2D eigenvalue weighted by Crippen LogP contribution is 2.39. The van der Waals surface area contributed by atoms with Crippen LogP contribution in [0.4, 0.5) is 4.39 Å². The second kappa shape index (κ2) is 5.05. The molecule has 0 saturated carbocycles. The van der Waals surface area contributed by atoms with Crippen molar-refractivity contribution in [1.82, 2.24) is 5.32 Å². The number of carboxylic acids is 1. The number of aromatic hydroxyl groups is 1. The average molecular weight is 269 g/mol. The monoisotopic (exact) mass is 269 g/mol. The molecule has 1 aliphatic heterocycles. The Hall–Kier alpha value is -1.82. The number of phenols is 1. The molecule has 0 aliphatic carbocycles. The summed E-state index contributed by atoms with van der Waals surface area (Å²) in [6, 6.07) is 1.14. The Kier molecular flexibility index (Phi) is 3.61. The first-order valence-corrected chi connectivity index (χ1v) is 5.97. The van der Waals surface area contributed by atoms with Crippen LogP contribution in [-0.2, 0) is 4.79 Å². The number of carboxylic acid groups (broad SMARTS) is 1. The lowest BCUT2D eigenvalue weighted by atomic mass is 9.97. The van der Waals surface area contributed by atoms with Crippen LogP contribution in [0, 0.1) is 18.7 Å². The highest BCUT2D eigenvalue weighted by Gasteiger charge is 2.33. The first-order chi connectivity index (χ1) is 8.95. The summed E-state index contributed by atoms with van der Waals surface area (Å²) in [6.45, 7) is 1.95. The lowest BCUT2D eigenvalue weighted by Crippen LogP contribution is -2.18. The number of methoxy groups -OCH3 is 1. The summed E-state index contributed by atoms with van der Waals surface area (Å²) in [5, 5.41) is 21.6. The molecule has 1 aliphatic rings. The topological polar surface area (TPSA) is 78.8 Å². The Balaban J connectivity index is 2.36. The number of nitrogens with one attached hydrogen (secondary N) is 1. The molecule has 0 spiro atoms. The number of halogens is 1. The van der Waals surface area contributed by atoms with Crippen LogP contribution < -0.4 is 10.1 Å². The normalized spacial score (nSPS) is 22.5. The van der Waals surface area contributed by atoms with Gasteiger partial charge in [-0.15, -0.1) is 0 Å². The number of aliphatic carboxylic acids is 1. The summed E-state index contributed by atoms with van der Waals surface area (Å²) < 4.78 is 19.1. The van der Waals surface area contributed by atoms with Crippen molar-refractivity contribution in [2.75, 3.05) is 13.7 Å². The van der Waals surface area contributed by atoms with E-state index in [0.29, 0.717) is 24.1 Å². The van der Waals surface area contributed by atoms with Crippen molar-refractivity contribution >= 4 is 5.97 Å². The van der Waals surface area contributed by atoms with Crippen molar-refractivity contribution in [3.8, 4) is 11.5 Å². The zero-order valence-corrected chi connectivity index (χ0v) is 10.7. The van der Waals surface area contributed by atoms with Gasteiger partial charge in [-0.3, -0.25) is 4.79 Å². The van der Waals surface area contributed by atoms with E-state index in [2.05, 4.69) is 5.32 Å². The molecule has 2 unspecified atom stereocenters. The van der Waals surface area contributed by atoms with Crippen molar-refractivity contribution in [1.29, 1.82) is 0 Å². The van der Waals surface area contributed by atoms with E-state index >= 15 is 0 Å². The van der Waals surface area contributed by atoms with Gasteiger partial charge in [0.05, 0.1) is 13.0 Å². The Labute approximate surface area is 110 Å². The zero-order valence-electron chi connectivity index (χ0n) is 10.7. The fourth-order valence-electron chi connectivity index (χ4n) is 2.38. The standard InChI is InChI=1S/C13H16FNO4/c1-6-3-8(10(14)12(19-2)11(6)16)9-4-7(5-15-9)13(17)18/h3,7,9,15-16H,4-5H2,1-2H3,(H,17,18). The van der Waals surface area contributed by atoms with E-state index < -0.39 is 17.7 Å². The number of aryl methyl sites for hydroxylation is 1. The Morgan fingerprint density at radius 3 is 2.79 bits per heavy atom. The number of rotatable bonds is 3. The molecule has 1 fully saturated rings. The zero-order chi connectivity index (χ0) is 14.2. The van der Waals surface area contributed by atoms with E-state index in [4.69, 9.17) is 9.84 Å². The number of ether oxygens (including phenoxy) is 1. The van der Waals surface area contributed by atoms with E-state index in [0.717, 1.165) is 0 Å². The van der Waals surface area contributed by atoms with Crippen LogP contribution in [0.1, 0.15) is 23.6 Å². The van der Waals surface area contributed by atoms with E-state index in [1.54, 1.807) is 6.92 Å². The number of hydrogen-bond acceptors (Lipinski definition) is 4. The maximum Gasteiger partial charge on any atom is 0.307 e. The third-order valence-electron chi connectivity index (χ3n) is 3.47. The molecule has 104 valence electrons. The first-order valence-electron chi connectivity index (χ1n) is 5.97. The highest BCUT2D eigenvalue weighted by atomic mass is 19.1. The van der Waals surface area contributed by atoms with Crippen LogP contribution in [0.5, 0.6) is 11.5 Å². The van der Waals surface area contributed by atoms with Crippen LogP contribution in [-0.4, -0.2) is 29.8 Å². The van der Waals surface area contributed by atoms with Crippen molar-refractivity contribution in [2.24, 2.45) is 5.92 Å². The van der Waals surface area contributed by atoms with Gasteiger partial charge in [-0.1, -0.05) is 0 Å². The fourth-order valence-corrected chi connectivity index (χ4v) is 2.38. The number of phenolic OH excluding ortho intramolecular Hbond substituents is 1. The van der Waals surface area contributed by atoms with E-state index in [-0.39, 0.29) is 17.5 Å². The number of hydrogen-bond donors (Lipinski definition) is 3. The van der Waals surface area contributed by atoms with Crippen LogP contribution in [0.2, 0.25) is 0 Å². The number of benzene rings is 1.